The van der Waals surface area contributed by atoms with Crippen LogP contribution < -0.4 is 5.32 Å². The summed E-state index contributed by atoms with van der Waals surface area (Å²) in [6, 6.07) is 0. The number of carbonyl (C=O) groups is 2. The van der Waals surface area contributed by atoms with Crippen LogP contribution in [0.25, 0.3) is 0 Å². The van der Waals surface area contributed by atoms with Crippen LogP contribution in [0.2, 0.25) is 0 Å². The standard InChI is InChI=1S/C22H35NO2/c1-3-5-6-7-8-9-10-11-12-13-14-15-16-17-18-19-21(24)20-23-22(25)4-2/h4-6,8-9,11-12H,2-3,7,10,13-20H2,1H3,(H,23,25)/b6-5-,9-8-,12-11-. The quantitative estimate of drug-likeness (QED) is 0.230. The van der Waals surface area contributed by atoms with Gasteiger partial charge >= 0.3 is 0 Å². The van der Waals surface area contributed by atoms with Crippen molar-refractivity contribution in [1.82, 2.24) is 5.32 Å². The molecule has 0 aromatic carbocycles. The Morgan fingerprint density at radius 2 is 1.44 bits per heavy atom. The van der Waals surface area contributed by atoms with Crippen molar-refractivity contribution in [2.24, 2.45) is 0 Å². The van der Waals surface area contributed by atoms with Crippen molar-refractivity contribution in [2.45, 2.75) is 71.1 Å². The lowest BCUT2D eigenvalue weighted by Crippen LogP contribution is -2.27. The molecule has 0 saturated heterocycles. The monoisotopic (exact) mass is 345 g/mol. The van der Waals surface area contributed by atoms with E-state index in [1.54, 1.807) is 0 Å². The van der Waals surface area contributed by atoms with Gasteiger partial charge in [-0.3, -0.25) is 9.59 Å². The van der Waals surface area contributed by atoms with Crippen molar-refractivity contribution in [3.8, 4) is 0 Å². The van der Waals surface area contributed by atoms with Gasteiger partial charge in [0.15, 0.2) is 5.78 Å². The van der Waals surface area contributed by atoms with Gasteiger partial charge in [-0.15, -0.1) is 0 Å². The first-order valence-corrected chi connectivity index (χ1v) is 9.57. The average molecular weight is 346 g/mol. The molecule has 0 saturated carbocycles. The number of nitrogens with one attached hydrogen (secondary N) is 1. The summed E-state index contributed by atoms with van der Waals surface area (Å²) in [5.74, 6) is -0.193. The predicted molar refractivity (Wildman–Crippen MR) is 107 cm³/mol. The molecule has 0 aliphatic heterocycles. The fourth-order valence-corrected chi connectivity index (χ4v) is 2.29. The van der Waals surface area contributed by atoms with Gasteiger partial charge in [0.2, 0.25) is 5.91 Å². The van der Waals surface area contributed by atoms with Crippen LogP contribution >= 0.6 is 0 Å². The zero-order chi connectivity index (χ0) is 18.6. The second-order valence-electron chi connectivity index (χ2n) is 6.06. The van der Waals surface area contributed by atoms with Crippen LogP contribution in [-0.2, 0) is 9.59 Å². The summed E-state index contributed by atoms with van der Waals surface area (Å²) in [5.41, 5.74) is 0. The van der Waals surface area contributed by atoms with Gasteiger partial charge < -0.3 is 5.32 Å². The highest BCUT2D eigenvalue weighted by atomic mass is 16.2. The molecule has 0 aliphatic carbocycles. The molecule has 0 atom stereocenters. The van der Waals surface area contributed by atoms with Crippen LogP contribution in [0.4, 0.5) is 0 Å². The largest absolute Gasteiger partial charge is 0.345 e. The van der Waals surface area contributed by atoms with E-state index in [1.807, 2.05) is 0 Å². The number of unbranched alkanes of at least 4 members (excludes halogenated alkanes) is 5. The number of amides is 1. The van der Waals surface area contributed by atoms with Crippen molar-refractivity contribution in [3.05, 3.63) is 49.1 Å². The molecule has 0 aliphatic rings. The molecule has 3 nitrogen and oxygen atoms in total. The maximum absolute atomic E-state index is 11.5. The summed E-state index contributed by atoms with van der Waals surface area (Å²) >= 11 is 0. The molecule has 0 aromatic rings. The zero-order valence-corrected chi connectivity index (χ0v) is 15.8. The van der Waals surface area contributed by atoms with E-state index in [1.165, 1.54) is 25.3 Å². The van der Waals surface area contributed by atoms with Crippen LogP contribution in [-0.4, -0.2) is 18.2 Å². The Morgan fingerprint density at radius 1 is 0.840 bits per heavy atom. The highest BCUT2D eigenvalue weighted by Gasteiger charge is 2.02. The molecule has 140 valence electrons. The van der Waals surface area contributed by atoms with Crippen molar-refractivity contribution in [1.29, 1.82) is 0 Å². The van der Waals surface area contributed by atoms with Gasteiger partial charge in [0.1, 0.15) is 0 Å². The van der Waals surface area contributed by atoms with Crippen LogP contribution in [0.1, 0.15) is 71.1 Å². The van der Waals surface area contributed by atoms with E-state index in [2.05, 4.69) is 55.3 Å². The Bertz CT molecular complexity index is 447. The molecule has 1 N–H and O–H groups in total. The van der Waals surface area contributed by atoms with E-state index >= 15 is 0 Å². The summed E-state index contributed by atoms with van der Waals surface area (Å²) in [6.45, 7) is 5.62. The Balaban J connectivity index is 3.36. The minimum absolute atomic E-state index is 0.0939. The minimum Gasteiger partial charge on any atom is -0.345 e. The second kappa shape index (κ2) is 18.4. The number of hydrogen-bond acceptors (Lipinski definition) is 2. The van der Waals surface area contributed by atoms with Gasteiger partial charge in [0.25, 0.3) is 0 Å². The fourth-order valence-electron chi connectivity index (χ4n) is 2.29. The number of carbonyl (C=O) groups excluding carboxylic acids is 2. The van der Waals surface area contributed by atoms with Crippen molar-refractivity contribution < 1.29 is 9.59 Å². The molecular weight excluding hydrogens is 310 g/mol. The van der Waals surface area contributed by atoms with Gasteiger partial charge in [-0.2, -0.15) is 0 Å². The third kappa shape index (κ3) is 18.3. The Hall–Kier alpha value is -1.90. The minimum atomic E-state index is -0.287. The maximum Gasteiger partial charge on any atom is 0.243 e. The summed E-state index contributed by atoms with van der Waals surface area (Å²) in [5, 5.41) is 2.51. The van der Waals surface area contributed by atoms with E-state index in [9.17, 15) is 9.59 Å². The van der Waals surface area contributed by atoms with Crippen LogP contribution in [0, 0.1) is 0 Å². The third-order valence-corrected chi connectivity index (χ3v) is 3.75. The summed E-state index contributed by atoms with van der Waals surface area (Å²) in [6.07, 6.45) is 24.9. The first-order chi connectivity index (χ1) is 12.2. The molecule has 0 bridgehead atoms. The van der Waals surface area contributed by atoms with Gasteiger partial charge in [-0.25, -0.2) is 0 Å². The van der Waals surface area contributed by atoms with Crippen LogP contribution in [0.5, 0.6) is 0 Å². The smallest absolute Gasteiger partial charge is 0.243 e. The number of hydrogen-bond donors (Lipinski definition) is 1. The Labute approximate surface area is 154 Å². The number of rotatable bonds is 16. The van der Waals surface area contributed by atoms with Crippen molar-refractivity contribution >= 4 is 11.7 Å². The van der Waals surface area contributed by atoms with E-state index in [0.29, 0.717) is 6.42 Å². The zero-order valence-electron chi connectivity index (χ0n) is 15.8. The highest BCUT2D eigenvalue weighted by molar-refractivity contribution is 5.91. The molecule has 0 radical (unpaired) electrons. The normalized spacial score (nSPS) is 11.6. The van der Waals surface area contributed by atoms with Gasteiger partial charge in [0, 0.05) is 6.42 Å². The fraction of sp³-hybridized carbons (Fsp3) is 0.545. The molecule has 3 heteroatoms. The molecule has 0 spiro atoms. The van der Waals surface area contributed by atoms with E-state index in [4.69, 9.17) is 0 Å². The van der Waals surface area contributed by atoms with Gasteiger partial charge in [-0.1, -0.05) is 69.2 Å². The molecule has 0 heterocycles. The molecule has 0 unspecified atom stereocenters. The predicted octanol–water partition coefficient (Wildman–Crippen LogP) is 5.45. The lowest BCUT2D eigenvalue weighted by molar-refractivity contribution is -0.122. The van der Waals surface area contributed by atoms with Crippen LogP contribution in [0.15, 0.2) is 49.1 Å². The van der Waals surface area contributed by atoms with Crippen molar-refractivity contribution in [2.75, 3.05) is 6.54 Å². The Morgan fingerprint density at radius 3 is 2.12 bits per heavy atom. The molecule has 0 fully saturated rings. The Kier molecular flexibility index (Phi) is 17.0. The number of ketones is 1. The molecule has 25 heavy (non-hydrogen) atoms. The van der Waals surface area contributed by atoms with Gasteiger partial charge in [-0.05, 0) is 44.6 Å². The second-order valence-corrected chi connectivity index (χ2v) is 6.06. The third-order valence-electron chi connectivity index (χ3n) is 3.75. The molecule has 1 amide bonds. The summed E-state index contributed by atoms with van der Waals surface area (Å²) in [4.78, 5) is 22.5. The average Bonchev–Trinajstić information content (AvgIpc) is 2.62. The summed E-state index contributed by atoms with van der Waals surface area (Å²) < 4.78 is 0. The molecule has 0 aromatic heterocycles. The number of allylic oxidation sites excluding steroid dienone is 6. The first-order valence-electron chi connectivity index (χ1n) is 9.57. The van der Waals surface area contributed by atoms with Crippen molar-refractivity contribution in [3.63, 3.8) is 0 Å². The summed E-state index contributed by atoms with van der Waals surface area (Å²) in [7, 11) is 0. The van der Waals surface area contributed by atoms with E-state index < -0.39 is 0 Å². The first kappa shape index (κ1) is 23.1. The number of Topliss-reactive ketones (excluding diaryl/α,β-unsaturated/α-hetero) is 1. The van der Waals surface area contributed by atoms with E-state index in [-0.39, 0.29) is 18.2 Å². The lowest BCUT2D eigenvalue weighted by Gasteiger charge is -2.02. The topological polar surface area (TPSA) is 46.2 Å². The maximum atomic E-state index is 11.5. The highest BCUT2D eigenvalue weighted by Crippen LogP contribution is 2.08. The SMILES string of the molecule is C=CC(=O)NCC(=O)CCCCCCC/C=C\C/C=C\C/C=C\CC. The lowest BCUT2D eigenvalue weighted by atomic mass is 10.1. The van der Waals surface area contributed by atoms with Crippen LogP contribution in [0.3, 0.4) is 0 Å². The van der Waals surface area contributed by atoms with E-state index in [0.717, 1.165) is 38.5 Å². The molecular formula is C22H35NO2. The van der Waals surface area contributed by atoms with Gasteiger partial charge in [0.05, 0.1) is 6.54 Å². The molecule has 0 rings (SSSR count).